The van der Waals surface area contributed by atoms with Crippen molar-refractivity contribution in [2.24, 2.45) is 0 Å². The number of pyridine rings is 1. The number of para-hydroxylation sites is 1. The fourth-order valence-electron chi connectivity index (χ4n) is 1.44. The molecule has 0 fully saturated rings. The van der Waals surface area contributed by atoms with Gasteiger partial charge >= 0.3 is 0 Å². The van der Waals surface area contributed by atoms with E-state index < -0.39 is 0 Å². The maximum absolute atomic E-state index is 5.83. The second-order valence-electron chi connectivity index (χ2n) is 3.50. The summed E-state index contributed by atoms with van der Waals surface area (Å²) in [4.78, 5) is 5.21. The minimum Gasteiger partial charge on any atom is -0.481 e. The molecule has 4 nitrogen and oxygen atoms in total. The predicted molar refractivity (Wildman–Crippen MR) is 73.5 cm³/mol. The van der Waals surface area contributed by atoms with Gasteiger partial charge in [0.25, 0.3) is 0 Å². The van der Waals surface area contributed by atoms with Crippen LogP contribution in [0.5, 0.6) is 17.5 Å². The molecule has 18 heavy (non-hydrogen) atoms. The van der Waals surface area contributed by atoms with E-state index in [9.17, 15) is 0 Å². The first-order valence-corrected chi connectivity index (χ1v) is 6.58. The van der Waals surface area contributed by atoms with E-state index in [0.29, 0.717) is 17.4 Å². The van der Waals surface area contributed by atoms with Crippen LogP contribution in [0, 0.1) is 0 Å². The van der Waals surface area contributed by atoms with Crippen molar-refractivity contribution in [3.63, 3.8) is 0 Å². The number of ether oxygens (including phenoxy) is 2. The molecule has 0 saturated heterocycles. The van der Waals surface area contributed by atoms with Crippen molar-refractivity contribution in [2.75, 3.05) is 19.1 Å². The number of hydrogen-bond acceptors (Lipinski definition) is 5. The molecular weight excluding hydrogens is 248 g/mol. The number of anilines is 1. The Hall–Kier alpha value is -1.88. The summed E-state index contributed by atoms with van der Waals surface area (Å²) in [6.45, 7) is 0. The lowest BCUT2D eigenvalue weighted by Gasteiger charge is -2.11. The zero-order valence-electron chi connectivity index (χ0n) is 10.2. The van der Waals surface area contributed by atoms with Crippen molar-refractivity contribution in [1.29, 1.82) is 0 Å². The molecule has 1 aromatic heterocycles. The second kappa shape index (κ2) is 5.64. The highest BCUT2D eigenvalue weighted by molar-refractivity contribution is 7.98. The highest BCUT2D eigenvalue weighted by atomic mass is 32.2. The van der Waals surface area contributed by atoms with E-state index in [1.807, 2.05) is 30.5 Å². The molecule has 0 bridgehead atoms. The number of nitrogens with two attached hydrogens (primary N) is 1. The van der Waals surface area contributed by atoms with Crippen molar-refractivity contribution >= 4 is 17.4 Å². The van der Waals surface area contributed by atoms with Crippen LogP contribution in [0.4, 0.5) is 5.69 Å². The molecule has 2 N–H and O–H groups in total. The molecule has 1 heterocycles. The van der Waals surface area contributed by atoms with Crippen LogP contribution >= 0.6 is 11.8 Å². The van der Waals surface area contributed by atoms with Gasteiger partial charge in [0, 0.05) is 11.0 Å². The Bertz CT molecular complexity index is 546. The molecular formula is C13H14N2O2S. The fourth-order valence-corrected chi connectivity index (χ4v) is 1.96. The third-order valence-corrected chi connectivity index (χ3v) is 3.13. The number of hydrogen-bond donors (Lipinski definition) is 1. The minimum atomic E-state index is 0.357. The van der Waals surface area contributed by atoms with E-state index in [2.05, 4.69) is 4.98 Å². The van der Waals surface area contributed by atoms with Crippen LogP contribution in [0.2, 0.25) is 0 Å². The van der Waals surface area contributed by atoms with Gasteiger partial charge in [-0.1, -0.05) is 12.1 Å². The lowest BCUT2D eigenvalue weighted by Crippen LogP contribution is -1.97. The number of nitrogen functional groups attached to an aromatic ring is 1. The van der Waals surface area contributed by atoms with Gasteiger partial charge in [0.1, 0.15) is 5.75 Å². The lowest BCUT2D eigenvalue weighted by molar-refractivity contribution is 0.382. The highest BCUT2D eigenvalue weighted by Gasteiger charge is 2.08. The Labute approximate surface area is 110 Å². The van der Waals surface area contributed by atoms with E-state index in [4.69, 9.17) is 15.2 Å². The summed E-state index contributed by atoms with van der Waals surface area (Å²) in [7, 11) is 1.55. The third-order valence-electron chi connectivity index (χ3n) is 2.35. The number of benzene rings is 1. The summed E-state index contributed by atoms with van der Waals surface area (Å²) >= 11 is 1.61. The number of methoxy groups -OCH3 is 1. The molecule has 1 aromatic carbocycles. The average Bonchev–Trinajstić information content (AvgIpc) is 2.42. The second-order valence-corrected chi connectivity index (χ2v) is 4.35. The molecule has 5 heteroatoms. The van der Waals surface area contributed by atoms with Crippen LogP contribution in [0.1, 0.15) is 0 Å². The molecule has 0 spiro atoms. The SMILES string of the molecule is COc1ccc(N)c(Oc2ccccc2SC)n1. The van der Waals surface area contributed by atoms with Gasteiger partial charge in [-0.25, -0.2) is 0 Å². The molecule has 0 radical (unpaired) electrons. The summed E-state index contributed by atoms with van der Waals surface area (Å²) in [5.41, 5.74) is 6.31. The maximum atomic E-state index is 5.83. The summed E-state index contributed by atoms with van der Waals surface area (Å²) in [5.74, 6) is 1.56. The normalized spacial score (nSPS) is 10.1. The first-order chi connectivity index (χ1) is 8.74. The zero-order valence-corrected chi connectivity index (χ0v) is 11.0. The van der Waals surface area contributed by atoms with Crippen LogP contribution in [-0.4, -0.2) is 18.3 Å². The standard InChI is InChI=1S/C13H14N2O2S/c1-16-12-8-7-9(14)13(15-12)17-10-5-3-4-6-11(10)18-2/h3-8H,14H2,1-2H3. The molecule has 0 unspecified atom stereocenters. The number of aromatic nitrogens is 1. The molecule has 0 aliphatic rings. The van der Waals surface area contributed by atoms with E-state index in [1.165, 1.54) is 0 Å². The Kier molecular flexibility index (Phi) is 3.94. The van der Waals surface area contributed by atoms with Crippen LogP contribution in [0.3, 0.4) is 0 Å². The largest absolute Gasteiger partial charge is 0.481 e. The third kappa shape index (κ3) is 2.68. The van der Waals surface area contributed by atoms with Crippen molar-refractivity contribution in [2.45, 2.75) is 4.90 Å². The van der Waals surface area contributed by atoms with Gasteiger partial charge in [0.05, 0.1) is 12.8 Å². The number of rotatable bonds is 4. The van der Waals surface area contributed by atoms with E-state index in [-0.39, 0.29) is 0 Å². The highest BCUT2D eigenvalue weighted by Crippen LogP contribution is 2.33. The minimum absolute atomic E-state index is 0.357. The first-order valence-electron chi connectivity index (χ1n) is 5.36. The zero-order chi connectivity index (χ0) is 13.0. The van der Waals surface area contributed by atoms with Gasteiger partial charge in [-0.05, 0) is 24.5 Å². The molecule has 0 aliphatic heterocycles. The van der Waals surface area contributed by atoms with Crippen molar-refractivity contribution in [1.82, 2.24) is 4.98 Å². The molecule has 0 amide bonds. The van der Waals surface area contributed by atoms with E-state index >= 15 is 0 Å². The van der Waals surface area contributed by atoms with Gasteiger partial charge in [-0.15, -0.1) is 11.8 Å². The molecule has 0 saturated carbocycles. The predicted octanol–water partition coefficient (Wildman–Crippen LogP) is 3.19. The monoisotopic (exact) mass is 262 g/mol. The van der Waals surface area contributed by atoms with Crippen LogP contribution in [0.15, 0.2) is 41.3 Å². The Morgan fingerprint density at radius 2 is 1.94 bits per heavy atom. The maximum Gasteiger partial charge on any atom is 0.246 e. The van der Waals surface area contributed by atoms with Crippen LogP contribution in [-0.2, 0) is 0 Å². The van der Waals surface area contributed by atoms with E-state index in [1.54, 1.807) is 31.0 Å². The molecule has 94 valence electrons. The van der Waals surface area contributed by atoms with Crippen LogP contribution < -0.4 is 15.2 Å². The quantitative estimate of drug-likeness (QED) is 0.857. The van der Waals surface area contributed by atoms with Gasteiger partial charge in [-0.2, -0.15) is 4.98 Å². The number of thioether (sulfide) groups is 1. The van der Waals surface area contributed by atoms with Gasteiger partial charge < -0.3 is 15.2 Å². The number of nitrogens with zero attached hydrogens (tertiary/aromatic N) is 1. The molecule has 2 aromatic rings. The molecule has 0 atom stereocenters. The first kappa shape index (κ1) is 12.6. The smallest absolute Gasteiger partial charge is 0.246 e. The fraction of sp³-hybridized carbons (Fsp3) is 0.154. The lowest BCUT2D eigenvalue weighted by atomic mass is 10.3. The summed E-state index contributed by atoms with van der Waals surface area (Å²) in [6.07, 6.45) is 1.99. The Morgan fingerprint density at radius 1 is 1.17 bits per heavy atom. The molecule has 2 rings (SSSR count). The topological polar surface area (TPSA) is 57.4 Å². The van der Waals surface area contributed by atoms with Gasteiger partial charge in [0.15, 0.2) is 0 Å². The summed E-state index contributed by atoms with van der Waals surface area (Å²) in [5, 5.41) is 0. The molecule has 0 aliphatic carbocycles. The van der Waals surface area contributed by atoms with Gasteiger partial charge in [-0.3, -0.25) is 0 Å². The van der Waals surface area contributed by atoms with Crippen molar-refractivity contribution < 1.29 is 9.47 Å². The van der Waals surface area contributed by atoms with Crippen molar-refractivity contribution in [3.8, 4) is 17.5 Å². The average molecular weight is 262 g/mol. The van der Waals surface area contributed by atoms with Gasteiger partial charge in [0.2, 0.25) is 11.8 Å². The summed E-state index contributed by atoms with van der Waals surface area (Å²) < 4.78 is 10.8. The Morgan fingerprint density at radius 3 is 2.67 bits per heavy atom. The summed E-state index contributed by atoms with van der Waals surface area (Å²) in [6, 6.07) is 11.1. The van der Waals surface area contributed by atoms with Crippen molar-refractivity contribution in [3.05, 3.63) is 36.4 Å². The Balaban J connectivity index is 2.33. The van der Waals surface area contributed by atoms with E-state index in [0.717, 1.165) is 10.6 Å². The van der Waals surface area contributed by atoms with Crippen LogP contribution in [0.25, 0.3) is 0 Å².